The van der Waals surface area contributed by atoms with Crippen molar-refractivity contribution in [1.82, 2.24) is 9.80 Å². The molecule has 1 aromatic carbocycles. The predicted octanol–water partition coefficient (Wildman–Crippen LogP) is 2.80. The van der Waals surface area contributed by atoms with E-state index in [2.05, 4.69) is 34.1 Å². The van der Waals surface area contributed by atoms with Gasteiger partial charge in [-0.05, 0) is 56.3 Å². The van der Waals surface area contributed by atoms with E-state index in [0.717, 1.165) is 24.3 Å². The summed E-state index contributed by atoms with van der Waals surface area (Å²) in [6.45, 7) is 7.39. The van der Waals surface area contributed by atoms with Gasteiger partial charge in [-0.2, -0.15) is 0 Å². The molecule has 0 radical (unpaired) electrons. The normalized spacial score (nSPS) is 27.5. The third kappa shape index (κ3) is 3.16. The Morgan fingerprint density at radius 3 is 2.73 bits per heavy atom. The lowest BCUT2D eigenvalue weighted by molar-refractivity contribution is 0.0133. The maximum Gasteiger partial charge on any atom is 0.122 e. The molecule has 0 aliphatic carbocycles. The SMILES string of the molecule is c1ccc2c(c1)C[C@H](CN1CC(N3CCCCC3)C1)CCO2. The maximum atomic E-state index is 5.90. The van der Waals surface area contributed by atoms with E-state index in [1.807, 2.05) is 0 Å². The summed E-state index contributed by atoms with van der Waals surface area (Å²) in [6.07, 6.45) is 6.63. The topological polar surface area (TPSA) is 15.7 Å². The number of ether oxygens (including phenoxy) is 1. The van der Waals surface area contributed by atoms with Gasteiger partial charge in [-0.15, -0.1) is 0 Å². The molecule has 2 saturated heterocycles. The Bertz CT molecular complexity index is 492. The van der Waals surface area contributed by atoms with Crippen molar-refractivity contribution in [3.05, 3.63) is 29.8 Å². The number of nitrogens with zero attached hydrogens (tertiary/aromatic N) is 2. The van der Waals surface area contributed by atoms with Crippen LogP contribution in [0.15, 0.2) is 24.3 Å². The summed E-state index contributed by atoms with van der Waals surface area (Å²) in [5.41, 5.74) is 1.40. The fourth-order valence-corrected chi connectivity index (χ4v) is 4.29. The fraction of sp³-hybridized carbons (Fsp3) is 0.684. The Balaban J connectivity index is 1.28. The molecular weight excluding hydrogens is 272 g/mol. The van der Waals surface area contributed by atoms with Gasteiger partial charge in [0.15, 0.2) is 0 Å². The van der Waals surface area contributed by atoms with Crippen LogP contribution in [0.5, 0.6) is 5.75 Å². The van der Waals surface area contributed by atoms with E-state index in [9.17, 15) is 0 Å². The van der Waals surface area contributed by atoms with Crippen molar-refractivity contribution in [2.45, 2.75) is 38.1 Å². The number of hydrogen-bond donors (Lipinski definition) is 0. The molecule has 0 unspecified atom stereocenters. The van der Waals surface area contributed by atoms with Crippen molar-refractivity contribution in [3.8, 4) is 5.75 Å². The monoisotopic (exact) mass is 300 g/mol. The minimum absolute atomic E-state index is 0.756. The van der Waals surface area contributed by atoms with E-state index in [1.165, 1.54) is 70.4 Å². The molecule has 3 heterocycles. The van der Waals surface area contributed by atoms with Crippen LogP contribution in [0.4, 0.5) is 0 Å². The summed E-state index contributed by atoms with van der Waals surface area (Å²) in [5, 5.41) is 0. The van der Waals surface area contributed by atoms with Crippen LogP contribution in [0.3, 0.4) is 0 Å². The van der Waals surface area contributed by atoms with Crippen LogP contribution < -0.4 is 4.74 Å². The standard InChI is InChI=1S/C19H28N2O/c1-4-9-21(10-5-1)18-14-20(15-18)13-16-8-11-22-19-7-3-2-6-17(19)12-16/h2-3,6-7,16,18H,1,4-5,8-15H2/t16-/m1/s1. The van der Waals surface area contributed by atoms with Crippen molar-refractivity contribution in [2.24, 2.45) is 5.92 Å². The summed E-state index contributed by atoms with van der Waals surface area (Å²) in [7, 11) is 0. The smallest absolute Gasteiger partial charge is 0.122 e. The van der Waals surface area contributed by atoms with Crippen LogP contribution in [0.1, 0.15) is 31.2 Å². The highest BCUT2D eigenvalue weighted by atomic mass is 16.5. The van der Waals surface area contributed by atoms with Crippen molar-refractivity contribution in [2.75, 3.05) is 39.3 Å². The number of likely N-dealkylation sites (tertiary alicyclic amines) is 2. The minimum Gasteiger partial charge on any atom is -0.493 e. The molecular formula is C19H28N2O. The van der Waals surface area contributed by atoms with Crippen LogP contribution in [0.25, 0.3) is 0 Å². The number of rotatable bonds is 3. The second-order valence-electron chi connectivity index (χ2n) is 7.28. The second kappa shape index (κ2) is 6.59. The number of para-hydroxylation sites is 1. The van der Waals surface area contributed by atoms with Gasteiger partial charge in [0, 0.05) is 25.7 Å². The van der Waals surface area contributed by atoms with Crippen molar-refractivity contribution in [3.63, 3.8) is 0 Å². The lowest BCUT2D eigenvalue weighted by Gasteiger charge is -2.47. The Labute approximate surface area is 134 Å². The Hall–Kier alpha value is -1.06. The number of fused-ring (bicyclic) bond motifs is 1. The molecule has 0 amide bonds. The van der Waals surface area contributed by atoms with Gasteiger partial charge < -0.3 is 4.74 Å². The summed E-state index contributed by atoms with van der Waals surface area (Å²) in [5.74, 6) is 1.87. The largest absolute Gasteiger partial charge is 0.493 e. The fourth-order valence-electron chi connectivity index (χ4n) is 4.29. The molecule has 0 N–H and O–H groups in total. The molecule has 3 nitrogen and oxygen atoms in total. The third-order valence-corrected chi connectivity index (χ3v) is 5.63. The van der Waals surface area contributed by atoms with Crippen molar-refractivity contribution in [1.29, 1.82) is 0 Å². The van der Waals surface area contributed by atoms with Gasteiger partial charge >= 0.3 is 0 Å². The number of piperidine rings is 1. The quantitative estimate of drug-likeness (QED) is 0.854. The van der Waals surface area contributed by atoms with E-state index < -0.39 is 0 Å². The zero-order valence-electron chi connectivity index (χ0n) is 13.5. The highest BCUT2D eigenvalue weighted by Gasteiger charge is 2.33. The Morgan fingerprint density at radius 2 is 1.86 bits per heavy atom. The molecule has 4 rings (SSSR count). The Morgan fingerprint density at radius 1 is 1.05 bits per heavy atom. The number of hydrogen-bond acceptors (Lipinski definition) is 3. The summed E-state index contributed by atoms with van der Waals surface area (Å²) >= 11 is 0. The first-order valence-electron chi connectivity index (χ1n) is 9.05. The van der Waals surface area contributed by atoms with Crippen LogP contribution in [-0.4, -0.2) is 55.2 Å². The van der Waals surface area contributed by atoms with Crippen LogP contribution in [0.2, 0.25) is 0 Å². The van der Waals surface area contributed by atoms with Crippen LogP contribution in [0, 0.1) is 5.92 Å². The molecule has 3 aliphatic heterocycles. The van der Waals surface area contributed by atoms with E-state index in [4.69, 9.17) is 4.74 Å². The highest BCUT2D eigenvalue weighted by molar-refractivity contribution is 5.34. The van der Waals surface area contributed by atoms with Gasteiger partial charge in [0.2, 0.25) is 0 Å². The van der Waals surface area contributed by atoms with E-state index in [0.29, 0.717) is 0 Å². The average Bonchev–Trinajstić information content (AvgIpc) is 2.73. The van der Waals surface area contributed by atoms with Gasteiger partial charge in [-0.3, -0.25) is 9.80 Å². The molecule has 3 aliphatic rings. The van der Waals surface area contributed by atoms with E-state index in [-0.39, 0.29) is 0 Å². The van der Waals surface area contributed by atoms with Gasteiger partial charge in [0.05, 0.1) is 6.61 Å². The molecule has 0 aromatic heterocycles. The first kappa shape index (κ1) is 14.5. The highest BCUT2D eigenvalue weighted by Crippen LogP contribution is 2.28. The molecule has 0 bridgehead atoms. The van der Waals surface area contributed by atoms with Gasteiger partial charge in [-0.1, -0.05) is 24.6 Å². The summed E-state index contributed by atoms with van der Waals surface area (Å²) < 4.78 is 5.90. The van der Waals surface area contributed by atoms with Crippen LogP contribution >= 0.6 is 0 Å². The van der Waals surface area contributed by atoms with Crippen molar-refractivity contribution >= 4 is 0 Å². The molecule has 2 fully saturated rings. The molecule has 0 spiro atoms. The number of benzene rings is 1. The maximum absolute atomic E-state index is 5.90. The molecule has 1 aromatic rings. The van der Waals surface area contributed by atoms with Crippen LogP contribution in [-0.2, 0) is 6.42 Å². The molecule has 0 saturated carbocycles. The lowest BCUT2D eigenvalue weighted by Crippen LogP contribution is -2.61. The van der Waals surface area contributed by atoms with E-state index >= 15 is 0 Å². The van der Waals surface area contributed by atoms with E-state index in [1.54, 1.807) is 0 Å². The molecule has 3 heteroatoms. The first-order valence-corrected chi connectivity index (χ1v) is 9.05. The zero-order valence-corrected chi connectivity index (χ0v) is 13.5. The van der Waals surface area contributed by atoms with Gasteiger partial charge in [0.25, 0.3) is 0 Å². The van der Waals surface area contributed by atoms with Crippen molar-refractivity contribution < 1.29 is 4.74 Å². The average molecular weight is 300 g/mol. The molecule has 22 heavy (non-hydrogen) atoms. The second-order valence-corrected chi connectivity index (χ2v) is 7.28. The molecule has 1 atom stereocenters. The minimum atomic E-state index is 0.756. The first-order chi connectivity index (χ1) is 10.9. The predicted molar refractivity (Wildman–Crippen MR) is 89.4 cm³/mol. The summed E-state index contributed by atoms with van der Waals surface area (Å²) in [4.78, 5) is 5.39. The summed E-state index contributed by atoms with van der Waals surface area (Å²) in [6, 6.07) is 9.42. The van der Waals surface area contributed by atoms with Gasteiger partial charge in [-0.25, -0.2) is 0 Å². The third-order valence-electron chi connectivity index (χ3n) is 5.63. The van der Waals surface area contributed by atoms with Gasteiger partial charge in [0.1, 0.15) is 5.75 Å². The lowest BCUT2D eigenvalue weighted by atomic mass is 9.94. The Kier molecular flexibility index (Phi) is 4.35. The zero-order chi connectivity index (χ0) is 14.8. The molecule has 120 valence electrons.